The molecule has 1 atom stereocenters. The summed E-state index contributed by atoms with van der Waals surface area (Å²) >= 11 is 0. The number of amides is 1. The Morgan fingerprint density at radius 3 is 2.17 bits per heavy atom. The van der Waals surface area contributed by atoms with Crippen molar-refractivity contribution in [3.05, 3.63) is 30.1 Å². The molecule has 0 spiro atoms. The van der Waals surface area contributed by atoms with E-state index in [1.165, 1.54) is 0 Å². The fraction of sp³-hybridized carbons (Fsp3) is 0.667. The summed E-state index contributed by atoms with van der Waals surface area (Å²) in [7, 11) is -1.98. The highest BCUT2D eigenvalue weighted by Crippen LogP contribution is 2.39. The van der Waals surface area contributed by atoms with E-state index in [0.29, 0.717) is 6.54 Å². The molecule has 24 heavy (non-hydrogen) atoms. The number of ether oxygens (including phenoxy) is 1. The molecule has 1 heterocycles. The average molecular weight is 353 g/mol. The van der Waals surface area contributed by atoms with Crippen LogP contribution in [0, 0.1) is 0 Å². The van der Waals surface area contributed by atoms with Gasteiger partial charge in [-0.25, -0.2) is 4.79 Å². The zero-order valence-corrected chi connectivity index (χ0v) is 17.3. The van der Waals surface area contributed by atoms with Crippen molar-refractivity contribution in [3.63, 3.8) is 0 Å². The Hall–Kier alpha value is -1.40. The minimum Gasteiger partial charge on any atom is -0.444 e. The highest BCUT2D eigenvalue weighted by atomic mass is 28.4. The lowest BCUT2D eigenvalue weighted by atomic mass is 10.1. The molecule has 0 saturated carbocycles. The quantitative estimate of drug-likeness (QED) is 0.782. The molecule has 0 aliphatic carbocycles. The molecule has 0 aliphatic rings. The van der Waals surface area contributed by atoms with Gasteiger partial charge in [0.25, 0.3) is 0 Å². The first-order chi connectivity index (χ1) is 10.8. The average Bonchev–Trinajstić information content (AvgIpc) is 2.41. The fourth-order valence-corrected chi connectivity index (χ4v) is 3.11. The lowest BCUT2D eigenvalue weighted by Crippen LogP contribution is -2.44. The first-order valence-electron chi connectivity index (χ1n) is 8.36. The number of carbonyl (C=O) groups is 1. The van der Waals surface area contributed by atoms with Crippen LogP contribution in [0.1, 0.15) is 53.2 Å². The van der Waals surface area contributed by atoms with Crippen LogP contribution in [0.4, 0.5) is 4.79 Å². The van der Waals surface area contributed by atoms with Crippen LogP contribution in [0.15, 0.2) is 24.5 Å². The van der Waals surface area contributed by atoms with E-state index in [4.69, 9.17) is 9.16 Å². The van der Waals surface area contributed by atoms with Gasteiger partial charge in [0.15, 0.2) is 8.32 Å². The van der Waals surface area contributed by atoms with Crippen molar-refractivity contribution >= 4 is 14.4 Å². The molecule has 1 N–H and O–H groups in total. The van der Waals surface area contributed by atoms with E-state index in [1.54, 1.807) is 12.4 Å². The van der Waals surface area contributed by atoms with Crippen molar-refractivity contribution in [2.75, 3.05) is 6.54 Å². The normalized spacial score (nSPS) is 14.2. The van der Waals surface area contributed by atoms with Gasteiger partial charge in [-0.15, -0.1) is 0 Å². The maximum Gasteiger partial charge on any atom is 0.407 e. The molecule has 5 nitrogen and oxygen atoms in total. The molecular weight excluding hydrogens is 320 g/mol. The van der Waals surface area contributed by atoms with Crippen LogP contribution in [-0.2, 0) is 9.16 Å². The number of nitrogens with zero attached hydrogens (tertiary/aromatic N) is 1. The fourth-order valence-electron chi connectivity index (χ4n) is 1.83. The minimum atomic E-state index is -1.98. The lowest BCUT2D eigenvalue weighted by molar-refractivity contribution is 0.0496. The Morgan fingerprint density at radius 2 is 1.71 bits per heavy atom. The van der Waals surface area contributed by atoms with Crippen LogP contribution in [-0.4, -0.2) is 31.5 Å². The van der Waals surface area contributed by atoms with Gasteiger partial charge in [-0.05, 0) is 56.6 Å². The van der Waals surface area contributed by atoms with E-state index in [-0.39, 0.29) is 11.1 Å². The van der Waals surface area contributed by atoms with Crippen LogP contribution in [0.25, 0.3) is 0 Å². The Labute approximate surface area is 147 Å². The van der Waals surface area contributed by atoms with Gasteiger partial charge >= 0.3 is 6.09 Å². The second-order valence-electron chi connectivity index (χ2n) is 8.53. The Kier molecular flexibility index (Phi) is 6.58. The summed E-state index contributed by atoms with van der Waals surface area (Å²) in [4.78, 5) is 16.0. The van der Waals surface area contributed by atoms with Gasteiger partial charge in [-0.2, -0.15) is 0 Å². The highest BCUT2D eigenvalue weighted by Gasteiger charge is 2.39. The van der Waals surface area contributed by atoms with Crippen molar-refractivity contribution < 1.29 is 14.0 Å². The molecule has 1 rings (SSSR count). The van der Waals surface area contributed by atoms with E-state index in [1.807, 2.05) is 32.9 Å². The lowest BCUT2D eigenvalue weighted by Gasteiger charge is -2.39. The maximum atomic E-state index is 12.0. The van der Waals surface area contributed by atoms with Crippen molar-refractivity contribution in [2.24, 2.45) is 0 Å². The van der Waals surface area contributed by atoms with Gasteiger partial charge in [0.05, 0.1) is 12.6 Å². The molecule has 1 unspecified atom stereocenters. The minimum absolute atomic E-state index is 0.0875. The van der Waals surface area contributed by atoms with Gasteiger partial charge in [-0.1, -0.05) is 20.8 Å². The molecule has 6 heteroatoms. The number of hydrogen-bond acceptors (Lipinski definition) is 4. The van der Waals surface area contributed by atoms with E-state index in [2.05, 4.69) is 44.2 Å². The summed E-state index contributed by atoms with van der Waals surface area (Å²) in [5, 5.41) is 2.91. The molecule has 1 amide bonds. The molecule has 0 aliphatic heterocycles. The summed E-state index contributed by atoms with van der Waals surface area (Å²) in [5.41, 5.74) is 0.488. The van der Waals surface area contributed by atoms with E-state index in [9.17, 15) is 4.79 Å². The Morgan fingerprint density at radius 1 is 1.17 bits per heavy atom. The first-order valence-corrected chi connectivity index (χ1v) is 11.3. The van der Waals surface area contributed by atoms with E-state index in [0.717, 1.165) is 5.56 Å². The Balaban J connectivity index is 2.86. The van der Waals surface area contributed by atoms with E-state index < -0.39 is 20.0 Å². The molecule has 136 valence electrons. The van der Waals surface area contributed by atoms with Crippen LogP contribution < -0.4 is 5.32 Å². The largest absolute Gasteiger partial charge is 0.444 e. The number of aromatic nitrogens is 1. The number of rotatable bonds is 5. The highest BCUT2D eigenvalue weighted by molar-refractivity contribution is 6.74. The number of carbonyl (C=O) groups excluding carboxylic acids is 1. The molecule has 0 bridgehead atoms. The molecule has 0 fully saturated rings. The van der Waals surface area contributed by atoms with Crippen LogP contribution in [0.5, 0.6) is 0 Å². The maximum absolute atomic E-state index is 12.0. The zero-order chi connectivity index (χ0) is 18.6. The standard InChI is InChI=1S/C18H32N2O3Si/c1-17(2,3)22-16(21)20-13-15(14-9-11-19-12-10-14)23-24(7,8)18(4,5)6/h9-12,15H,13H2,1-8H3,(H,20,21). The van der Waals surface area contributed by atoms with Crippen molar-refractivity contribution in [1.82, 2.24) is 10.3 Å². The van der Waals surface area contributed by atoms with Crippen molar-refractivity contribution in [2.45, 2.75) is 71.4 Å². The van der Waals surface area contributed by atoms with Gasteiger partial charge < -0.3 is 14.5 Å². The van der Waals surface area contributed by atoms with Crippen molar-refractivity contribution in [3.8, 4) is 0 Å². The number of nitrogens with one attached hydrogen (secondary N) is 1. The van der Waals surface area contributed by atoms with E-state index >= 15 is 0 Å². The van der Waals surface area contributed by atoms with Crippen LogP contribution >= 0.6 is 0 Å². The Bertz CT molecular complexity index is 533. The number of alkyl carbamates (subject to hydrolysis) is 1. The summed E-state index contributed by atoms with van der Waals surface area (Å²) in [6.07, 6.45) is 2.83. The third-order valence-corrected chi connectivity index (χ3v) is 8.64. The molecule has 1 aromatic rings. The topological polar surface area (TPSA) is 60.5 Å². The van der Waals surface area contributed by atoms with Crippen molar-refractivity contribution in [1.29, 1.82) is 0 Å². The summed E-state index contributed by atoms with van der Waals surface area (Å²) in [5.74, 6) is 0. The van der Waals surface area contributed by atoms with Gasteiger partial charge in [0.2, 0.25) is 0 Å². The number of pyridine rings is 1. The molecule has 0 radical (unpaired) electrons. The summed E-state index contributed by atoms with van der Waals surface area (Å²) in [6, 6.07) is 3.85. The first kappa shape index (κ1) is 20.6. The second kappa shape index (κ2) is 7.65. The van der Waals surface area contributed by atoms with Gasteiger partial charge in [0, 0.05) is 12.4 Å². The predicted molar refractivity (Wildman–Crippen MR) is 99.5 cm³/mol. The molecular formula is C18H32N2O3Si. The second-order valence-corrected chi connectivity index (χ2v) is 13.3. The zero-order valence-electron chi connectivity index (χ0n) is 16.3. The molecule has 0 aromatic carbocycles. The monoisotopic (exact) mass is 352 g/mol. The predicted octanol–water partition coefficient (Wildman–Crippen LogP) is 4.67. The number of hydrogen-bond donors (Lipinski definition) is 1. The molecule has 0 saturated heterocycles. The van der Waals surface area contributed by atoms with Gasteiger partial charge in [0.1, 0.15) is 5.60 Å². The third kappa shape index (κ3) is 6.61. The third-order valence-electron chi connectivity index (χ3n) is 4.15. The van der Waals surface area contributed by atoms with Crippen LogP contribution in [0.3, 0.4) is 0 Å². The summed E-state index contributed by atoms with van der Waals surface area (Å²) in [6.45, 7) is 16.9. The summed E-state index contributed by atoms with van der Waals surface area (Å²) < 4.78 is 11.8. The smallest absolute Gasteiger partial charge is 0.407 e. The van der Waals surface area contributed by atoms with Crippen LogP contribution in [0.2, 0.25) is 18.1 Å². The molecule has 1 aromatic heterocycles. The van der Waals surface area contributed by atoms with Gasteiger partial charge in [-0.3, -0.25) is 4.98 Å². The SMILES string of the molecule is CC(C)(C)OC(=O)NCC(O[Si](C)(C)C(C)(C)C)c1ccncc1.